The Kier molecular flexibility index (Phi) is 2.99. The highest BCUT2D eigenvalue weighted by Crippen LogP contribution is 2.09. The van der Waals surface area contributed by atoms with Crippen molar-refractivity contribution in [3.63, 3.8) is 0 Å². The zero-order valence-corrected chi connectivity index (χ0v) is 9.21. The number of carbonyl (C=O) groups excluding carboxylic acids is 1. The number of hydrogen-bond donors (Lipinski definition) is 3. The summed E-state index contributed by atoms with van der Waals surface area (Å²) in [4.78, 5) is 11.8. The summed E-state index contributed by atoms with van der Waals surface area (Å²) in [6.45, 7) is 1.77. The largest absolute Gasteiger partial charge is 0.399 e. The second-order valence-electron chi connectivity index (χ2n) is 3.59. The molecule has 88 valence electrons. The van der Waals surface area contributed by atoms with Gasteiger partial charge in [-0.2, -0.15) is 5.21 Å². The lowest BCUT2D eigenvalue weighted by Gasteiger charge is -2.10. The highest BCUT2D eigenvalue weighted by atomic mass is 16.1. The lowest BCUT2D eigenvalue weighted by molar-refractivity contribution is 0.0938. The van der Waals surface area contributed by atoms with E-state index in [0.29, 0.717) is 17.1 Å². The molecule has 4 N–H and O–H groups in total. The number of nitrogens with one attached hydrogen (secondary N) is 2. The fourth-order valence-corrected chi connectivity index (χ4v) is 1.38. The molecule has 1 heterocycles. The van der Waals surface area contributed by atoms with Gasteiger partial charge in [0.1, 0.15) is 0 Å². The number of rotatable bonds is 3. The second-order valence-corrected chi connectivity index (χ2v) is 3.59. The first-order valence-electron chi connectivity index (χ1n) is 5.06. The summed E-state index contributed by atoms with van der Waals surface area (Å²) in [5, 5.41) is 16.1. The van der Waals surface area contributed by atoms with Crippen LogP contribution in [0.1, 0.15) is 29.1 Å². The molecule has 0 bridgehead atoms. The first kappa shape index (κ1) is 11.1. The molecule has 2 aromatic rings. The molecule has 1 atom stereocenters. The molecule has 1 amide bonds. The average molecular weight is 232 g/mol. The summed E-state index contributed by atoms with van der Waals surface area (Å²) in [5.41, 5.74) is 6.65. The number of amides is 1. The third-order valence-corrected chi connectivity index (χ3v) is 2.25. The van der Waals surface area contributed by atoms with Crippen LogP contribution in [0.25, 0.3) is 0 Å². The number of H-pyrrole nitrogens is 1. The number of benzene rings is 1. The minimum atomic E-state index is -0.317. The Bertz CT molecular complexity index is 509. The molecule has 0 saturated carbocycles. The maximum absolute atomic E-state index is 11.8. The molecule has 0 aliphatic heterocycles. The fourth-order valence-electron chi connectivity index (χ4n) is 1.38. The fraction of sp³-hybridized carbons (Fsp3) is 0.200. The van der Waals surface area contributed by atoms with E-state index in [9.17, 15) is 4.79 Å². The van der Waals surface area contributed by atoms with E-state index >= 15 is 0 Å². The van der Waals surface area contributed by atoms with Gasteiger partial charge in [0.05, 0.1) is 6.04 Å². The van der Waals surface area contributed by atoms with E-state index in [-0.39, 0.29) is 11.9 Å². The minimum Gasteiger partial charge on any atom is -0.399 e. The van der Waals surface area contributed by atoms with Crippen LogP contribution in [0, 0.1) is 0 Å². The van der Waals surface area contributed by atoms with Crippen LogP contribution in [-0.2, 0) is 0 Å². The van der Waals surface area contributed by atoms with Gasteiger partial charge in [-0.1, -0.05) is 11.3 Å². The van der Waals surface area contributed by atoms with Crippen LogP contribution in [0.15, 0.2) is 24.3 Å². The minimum absolute atomic E-state index is 0.227. The van der Waals surface area contributed by atoms with Crippen molar-refractivity contribution in [3.05, 3.63) is 35.7 Å². The molecule has 1 unspecified atom stereocenters. The number of nitrogen functional groups attached to an aromatic ring is 1. The first-order chi connectivity index (χ1) is 8.16. The molecular formula is C10H12N6O. The zero-order valence-electron chi connectivity index (χ0n) is 9.21. The van der Waals surface area contributed by atoms with E-state index in [2.05, 4.69) is 25.9 Å². The van der Waals surface area contributed by atoms with Crippen LogP contribution in [0.5, 0.6) is 0 Å². The van der Waals surface area contributed by atoms with Crippen LogP contribution in [0.4, 0.5) is 5.69 Å². The van der Waals surface area contributed by atoms with Crippen LogP contribution >= 0.6 is 0 Å². The molecule has 0 aliphatic carbocycles. The van der Waals surface area contributed by atoms with Crippen LogP contribution < -0.4 is 11.1 Å². The average Bonchev–Trinajstić information content (AvgIpc) is 2.82. The summed E-state index contributed by atoms with van der Waals surface area (Å²) >= 11 is 0. The topological polar surface area (TPSA) is 110 Å². The number of aromatic nitrogens is 4. The Balaban J connectivity index is 2.07. The molecular weight excluding hydrogens is 220 g/mol. The maximum atomic E-state index is 11.8. The number of carbonyl (C=O) groups is 1. The highest BCUT2D eigenvalue weighted by molar-refractivity contribution is 5.95. The van der Waals surface area contributed by atoms with E-state index in [1.807, 2.05) is 0 Å². The van der Waals surface area contributed by atoms with Crippen LogP contribution in [0.2, 0.25) is 0 Å². The van der Waals surface area contributed by atoms with E-state index in [1.54, 1.807) is 31.2 Å². The summed E-state index contributed by atoms with van der Waals surface area (Å²) in [5.74, 6) is 0.205. The van der Waals surface area contributed by atoms with E-state index in [0.717, 1.165) is 0 Å². The quantitative estimate of drug-likeness (QED) is 0.658. The predicted molar refractivity (Wildman–Crippen MR) is 60.9 cm³/mol. The highest BCUT2D eigenvalue weighted by Gasteiger charge is 2.14. The molecule has 1 aromatic carbocycles. The Labute approximate surface area is 97.4 Å². The molecule has 7 heteroatoms. The predicted octanol–water partition coefficient (Wildman–Crippen LogP) is 0.273. The summed E-state index contributed by atoms with van der Waals surface area (Å²) < 4.78 is 0. The van der Waals surface area contributed by atoms with Crippen molar-refractivity contribution in [1.29, 1.82) is 0 Å². The monoisotopic (exact) mass is 232 g/mol. The molecule has 17 heavy (non-hydrogen) atoms. The molecule has 2 rings (SSSR count). The summed E-state index contributed by atoms with van der Waals surface area (Å²) in [7, 11) is 0. The molecule has 0 radical (unpaired) electrons. The van der Waals surface area contributed by atoms with Gasteiger partial charge in [0.2, 0.25) is 0 Å². The lowest BCUT2D eigenvalue weighted by Crippen LogP contribution is -2.27. The van der Waals surface area contributed by atoms with E-state index < -0.39 is 0 Å². The van der Waals surface area contributed by atoms with Gasteiger partial charge < -0.3 is 11.1 Å². The smallest absolute Gasteiger partial charge is 0.251 e. The normalized spacial score (nSPS) is 12.1. The molecule has 7 nitrogen and oxygen atoms in total. The molecule has 0 spiro atoms. The molecule has 0 fully saturated rings. The Hall–Kier alpha value is -2.44. The van der Waals surface area contributed by atoms with Crippen molar-refractivity contribution in [3.8, 4) is 0 Å². The Morgan fingerprint density at radius 3 is 3.00 bits per heavy atom. The molecule has 0 aliphatic rings. The van der Waals surface area contributed by atoms with Crippen molar-refractivity contribution >= 4 is 11.6 Å². The number of nitrogens with zero attached hydrogens (tertiary/aromatic N) is 3. The molecule has 1 aromatic heterocycles. The van der Waals surface area contributed by atoms with Gasteiger partial charge in [0.25, 0.3) is 5.91 Å². The Morgan fingerprint density at radius 1 is 1.53 bits per heavy atom. The number of nitrogens with two attached hydrogens (primary N) is 1. The SMILES string of the molecule is CC(NC(=O)c1cccc(N)c1)c1nn[nH]n1. The summed E-state index contributed by atoms with van der Waals surface area (Å²) in [6.07, 6.45) is 0. The maximum Gasteiger partial charge on any atom is 0.251 e. The van der Waals surface area contributed by atoms with Crippen molar-refractivity contribution in [2.24, 2.45) is 0 Å². The van der Waals surface area contributed by atoms with Gasteiger partial charge in [-0.3, -0.25) is 4.79 Å². The van der Waals surface area contributed by atoms with Crippen LogP contribution in [-0.4, -0.2) is 26.5 Å². The van der Waals surface area contributed by atoms with Gasteiger partial charge in [-0.05, 0) is 25.1 Å². The van der Waals surface area contributed by atoms with Gasteiger partial charge in [-0.15, -0.1) is 10.2 Å². The number of aromatic amines is 1. The summed E-state index contributed by atoms with van der Waals surface area (Å²) in [6, 6.07) is 6.43. The Morgan fingerprint density at radius 2 is 2.35 bits per heavy atom. The molecule has 0 saturated heterocycles. The zero-order chi connectivity index (χ0) is 12.3. The number of anilines is 1. The van der Waals surface area contributed by atoms with Gasteiger partial charge in [0, 0.05) is 11.3 Å². The van der Waals surface area contributed by atoms with E-state index in [1.165, 1.54) is 0 Å². The third kappa shape index (κ3) is 2.57. The van der Waals surface area contributed by atoms with Crippen molar-refractivity contribution in [2.45, 2.75) is 13.0 Å². The van der Waals surface area contributed by atoms with Crippen LogP contribution in [0.3, 0.4) is 0 Å². The van der Waals surface area contributed by atoms with Crippen molar-refractivity contribution < 1.29 is 4.79 Å². The second kappa shape index (κ2) is 4.60. The lowest BCUT2D eigenvalue weighted by atomic mass is 10.2. The van der Waals surface area contributed by atoms with Gasteiger partial charge >= 0.3 is 0 Å². The first-order valence-corrected chi connectivity index (χ1v) is 5.06. The number of hydrogen-bond acceptors (Lipinski definition) is 5. The van der Waals surface area contributed by atoms with Crippen molar-refractivity contribution in [1.82, 2.24) is 25.9 Å². The standard InChI is InChI=1S/C10H12N6O/c1-6(9-13-15-16-14-9)12-10(17)7-3-2-4-8(11)5-7/h2-6H,11H2,1H3,(H,12,17)(H,13,14,15,16). The van der Waals surface area contributed by atoms with E-state index in [4.69, 9.17) is 5.73 Å². The van der Waals surface area contributed by atoms with Gasteiger partial charge in [0.15, 0.2) is 5.82 Å². The van der Waals surface area contributed by atoms with Crippen molar-refractivity contribution in [2.75, 3.05) is 5.73 Å². The third-order valence-electron chi connectivity index (χ3n) is 2.25. The number of tetrazole rings is 1. The van der Waals surface area contributed by atoms with Gasteiger partial charge in [-0.25, -0.2) is 0 Å².